The summed E-state index contributed by atoms with van der Waals surface area (Å²) in [4.78, 5) is 0. The van der Waals surface area contributed by atoms with E-state index in [0.717, 1.165) is 22.4 Å². The zero-order valence-electron chi connectivity index (χ0n) is 12.7. The number of aryl methyl sites for hydroxylation is 1. The minimum absolute atomic E-state index is 0.146. The molecule has 0 atom stereocenters. The van der Waals surface area contributed by atoms with Crippen molar-refractivity contribution >= 4 is 11.6 Å². The Hall–Kier alpha value is -2.17. The third kappa shape index (κ3) is 3.78. The molecule has 118 valence electrons. The van der Waals surface area contributed by atoms with Gasteiger partial charge in [0.15, 0.2) is 0 Å². The first-order valence-corrected chi connectivity index (χ1v) is 7.75. The minimum atomic E-state index is -0.396. The van der Waals surface area contributed by atoms with Crippen LogP contribution in [0.1, 0.15) is 16.7 Å². The first kappa shape index (κ1) is 15.7. The van der Waals surface area contributed by atoms with Crippen molar-refractivity contribution < 1.29 is 4.39 Å². The van der Waals surface area contributed by atoms with Crippen LogP contribution >= 0.6 is 11.6 Å². The molecule has 0 saturated carbocycles. The van der Waals surface area contributed by atoms with Gasteiger partial charge in [-0.25, -0.2) is 4.39 Å². The summed E-state index contributed by atoms with van der Waals surface area (Å²) in [6, 6.07) is 13.0. The van der Waals surface area contributed by atoms with Crippen molar-refractivity contribution in [2.45, 2.75) is 20.0 Å². The maximum atomic E-state index is 13.2. The van der Waals surface area contributed by atoms with Gasteiger partial charge in [-0.1, -0.05) is 41.4 Å². The number of nitrogens with one attached hydrogen (secondary N) is 2. The molecule has 0 radical (unpaired) electrons. The van der Waals surface area contributed by atoms with Crippen LogP contribution in [0.2, 0.25) is 5.02 Å². The standard InChI is InChI=1S/C18H17ClFN3/c1-12-3-2-4-14(7-12)18-15(11-22-23-18)10-21-9-13-5-6-17(20)16(19)8-13/h2-8,11,21H,9-10H2,1H3,(H,22,23). The molecule has 2 N–H and O–H groups in total. The predicted molar refractivity (Wildman–Crippen MR) is 90.7 cm³/mol. The highest BCUT2D eigenvalue weighted by Gasteiger charge is 2.08. The average Bonchev–Trinajstić information content (AvgIpc) is 2.99. The molecular weight excluding hydrogens is 313 g/mol. The van der Waals surface area contributed by atoms with E-state index >= 15 is 0 Å². The molecule has 5 heteroatoms. The molecule has 0 aliphatic heterocycles. The second-order valence-corrected chi connectivity index (χ2v) is 5.90. The van der Waals surface area contributed by atoms with E-state index in [9.17, 15) is 4.39 Å². The van der Waals surface area contributed by atoms with Crippen LogP contribution in [-0.4, -0.2) is 10.2 Å². The molecule has 0 unspecified atom stereocenters. The molecule has 0 aliphatic carbocycles. The zero-order chi connectivity index (χ0) is 16.2. The summed E-state index contributed by atoms with van der Waals surface area (Å²) < 4.78 is 13.2. The first-order chi connectivity index (χ1) is 11.1. The molecule has 1 heterocycles. The number of rotatable bonds is 5. The average molecular weight is 330 g/mol. The Morgan fingerprint density at radius 2 is 2.04 bits per heavy atom. The summed E-state index contributed by atoms with van der Waals surface area (Å²) in [6.45, 7) is 3.34. The summed E-state index contributed by atoms with van der Waals surface area (Å²) in [5, 5.41) is 10.7. The van der Waals surface area contributed by atoms with Crippen LogP contribution in [0.4, 0.5) is 4.39 Å². The second kappa shape index (κ2) is 6.94. The van der Waals surface area contributed by atoms with Gasteiger partial charge in [0.05, 0.1) is 16.9 Å². The van der Waals surface area contributed by atoms with Gasteiger partial charge in [0.25, 0.3) is 0 Å². The van der Waals surface area contributed by atoms with Gasteiger partial charge < -0.3 is 5.32 Å². The molecule has 3 aromatic rings. The molecule has 3 nitrogen and oxygen atoms in total. The van der Waals surface area contributed by atoms with E-state index in [2.05, 4.69) is 40.6 Å². The lowest BCUT2D eigenvalue weighted by Crippen LogP contribution is -2.13. The summed E-state index contributed by atoms with van der Waals surface area (Å²) in [5.74, 6) is -0.396. The highest BCUT2D eigenvalue weighted by Crippen LogP contribution is 2.22. The molecule has 0 fully saturated rings. The minimum Gasteiger partial charge on any atom is -0.308 e. The number of aromatic nitrogens is 2. The fourth-order valence-corrected chi connectivity index (χ4v) is 2.69. The number of hydrogen-bond acceptors (Lipinski definition) is 2. The zero-order valence-corrected chi connectivity index (χ0v) is 13.5. The lowest BCUT2D eigenvalue weighted by molar-refractivity contribution is 0.625. The highest BCUT2D eigenvalue weighted by atomic mass is 35.5. The van der Waals surface area contributed by atoms with Crippen LogP contribution in [0.5, 0.6) is 0 Å². The highest BCUT2D eigenvalue weighted by molar-refractivity contribution is 6.30. The molecule has 0 saturated heterocycles. The predicted octanol–water partition coefficient (Wildman–Crippen LogP) is 4.47. The van der Waals surface area contributed by atoms with Crippen LogP contribution in [0.15, 0.2) is 48.7 Å². The molecule has 1 aromatic heterocycles. The van der Waals surface area contributed by atoms with E-state index in [4.69, 9.17) is 11.6 Å². The Labute approximate surface area is 139 Å². The topological polar surface area (TPSA) is 40.7 Å². The quantitative estimate of drug-likeness (QED) is 0.725. The van der Waals surface area contributed by atoms with Gasteiger partial charge in [0.1, 0.15) is 5.82 Å². The fourth-order valence-electron chi connectivity index (χ4n) is 2.49. The molecule has 0 aliphatic rings. The van der Waals surface area contributed by atoms with E-state index < -0.39 is 5.82 Å². The summed E-state index contributed by atoms with van der Waals surface area (Å²) in [5.41, 5.74) is 5.36. The van der Waals surface area contributed by atoms with Crippen LogP contribution in [-0.2, 0) is 13.1 Å². The van der Waals surface area contributed by atoms with Gasteiger partial charge in [0.2, 0.25) is 0 Å². The number of halogens is 2. The molecule has 23 heavy (non-hydrogen) atoms. The summed E-state index contributed by atoms with van der Waals surface area (Å²) in [7, 11) is 0. The Balaban J connectivity index is 1.67. The third-order valence-electron chi connectivity index (χ3n) is 3.65. The van der Waals surface area contributed by atoms with Crippen molar-refractivity contribution in [3.63, 3.8) is 0 Å². The van der Waals surface area contributed by atoms with E-state index in [-0.39, 0.29) is 5.02 Å². The van der Waals surface area contributed by atoms with Crippen molar-refractivity contribution in [3.05, 3.63) is 76.2 Å². The Morgan fingerprint density at radius 1 is 1.17 bits per heavy atom. The first-order valence-electron chi connectivity index (χ1n) is 7.37. The second-order valence-electron chi connectivity index (χ2n) is 5.49. The number of nitrogens with zero attached hydrogens (tertiary/aromatic N) is 1. The SMILES string of the molecule is Cc1cccc(-c2[nH]ncc2CNCc2ccc(F)c(Cl)c2)c1. The third-order valence-corrected chi connectivity index (χ3v) is 3.94. The van der Waals surface area contributed by atoms with Gasteiger partial charge >= 0.3 is 0 Å². The number of hydrogen-bond donors (Lipinski definition) is 2. The van der Waals surface area contributed by atoms with Gasteiger partial charge in [0, 0.05) is 24.2 Å². The largest absolute Gasteiger partial charge is 0.308 e. The smallest absolute Gasteiger partial charge is 0.141 e. The maximum Gasteiger partial charge on any atom is 0.141 e. The van der Waals surface area contributed by atoms with E-state index in [1.807, 2.05) is 12.3 Å². The molecule has 3 rings (SSSR count). The Morgan fingerprint density at radius 3 is 2.83 bits per heavy atom. The number of aromatic amines is 1. The van der Waals surface area contributed by atoms with Crippen LogP contribution in [0, 0.1) is 12.7 Å². The van der Waals surface area contributed by atoms with Crippen molar-refractivity contribution in [3.8, 4) is 11.3 Å². The van der Waals surface area contributed by atoms with E-state index in [0.29, 0.717) is 13.1 Å². The normalized spacial score (nSPS) is 10.9. The van der Waals surface area contributed by atoms with Gasteiger partial charge in [-0.3, -0.25) is 5.10 Å². The van der Waals surface area contributed by atoms with Crippen LogP contribution in [0.25, 0.3) is 11.3 Å². The lowest BCUT2D eigenvalue weighted by atomic mass is 10.1. The van der Waals surface area contributed by atoms with E-state index in [1.54, 1.807) is 12.1 Å². The van der Waals surface area contributed by atoms with Crippen molar-refractivity contribution in [1.82, 2.24) is 15.5 Å². The number of H-pyrrole nitrogens is 1. The lowest BCUT2D eigenvalue weighted by Gasteiger charge is -2.07. The molecule has 0 spiro atoms. The summed E-state index contributed by atoms with van der Waals surface area (Å²) in [6.07, 6.45) is 1.82. The van der Waals surface area contributed by atoms with E-state index in [1.165, 1.54) is 11.6 Å². The fraction of sp³-hybridized carbons (Fsp3) is 0.167. The Bertz CT molecular complexity index is 814. The summed E-state index contributed by atoms with van der Waals surface area (Å²) >= 11 is 5.79. The van der Waals surface area contributed by atoms with Crippen LogP contribution < -0.4 is 5.32 Å². The monoisotopic (exact) mass is 329 g/mol. The molecule has 2 aromatic carbocycles. The van der Waals surface area contributed by atoms with Crippen molar-refractivity contribution in [2.75, 3.05) is 0 Å². The Kier molecular flexibility index (Phi) is 4.74. The van der Waals surface area contributed by atoms with Gasteiger partial charge in [-0.15, -0.1) is 0 Å². The molecule has 0 amide bonds. The maximum absolute atomic E-state index is 13.2. The van der Waals surface area contributed by atoms with Crippen molar-refractivity contribution in [1.29, 1.82) is 0 Å². The van der Waals surface area contributed by atoms with Crippen LogP contribution in [0.3, 0.4) is 0 Å². The molecule has 0 bridgehead atoms. The van der Waals surface area contributed by atoms with Crippen molar-refractivity contribution in [2.24, 2.45) is 0 Å². The van der Waals surface area contributed by atoms with Gasteiger partial charge in [-0.05, 0) is 30.7 Å². The molecular formula is C18H17ClFN3. The number of benzene rings is 2. The van der Waals surface area contributed by atoms with Gasteiger partial charge in [-0.2, -0.15) is 5.10 Å².